The number of halogens is 4. The van der Waals surface area contributed by atoms with Gasteiger partial charge in [0, 0.05) is 19.1 Å². The molecule has 3 heterocycles. The largest absolute Gasteiger partial charge is 0.492 e. The van der Waals surface area contributed by atoms with Crippen molar-refractivity contribution in [1.82, 2.24) is 19.2 Å². The maximum atomic E-state index is 13.6. The summed E-state index contributed by atoms with van der Waals surface area (Å²) in [6, 6.07) is 1.04. The van der Waals surface area contributed by atoms with Gasteiger partial charge in [-0.1, -0.05) is 24.4 Å². The highest BCUT2D eigenvalue weighted by Crippen LogP contribution is 2.36. The fourth-order valence-electron chi connectivity index (χ4n) is 4.29. The number of pyridine rings is 1. The highest BCUT2D eigenvalue weighted by molar-refractivity contribution is 6.33. The smallest absolute Gasteiger partial charge is 0.420 e. The van der Waals surface area contributed by atoms with Gasteiger partial charge in [-0.2, -0.15) is 13.2 Å². The lowest BCUT2D eigenvalue weighted by atomic mass is 10.1. The average Bonchev–Trinajstić information content (AvgIpc) is 3.35. The van der Waals surface area contributed by atoms with Crippen molar-refractivity contribution in [1.29, 1.82) is 0 Å². The van der Waals surface area contributed by atoms with E-state index in [1.54, 1.807) is 11.8 Å². The third-order valence-electron chi connectivity index (χ3n) is 5.77. The molecule has 1 saturated heterocycles. The summed E-state index contributed by atoms with van der Waals surface area (Å²) in [4.78, 5) is 32.6. The molecule has 0 N–H and O–H groups in total. The molecule has 2 amide bonds. The van der Waals surface area contributed by atoms with E-state index in [1.807, 2.05) is 0 Å². The minimum absolute atomic E-state index is 0.0408. The van der Waals surface area contributed by atoms with Gasteiger partial charge >= 0.3 is 6.18 Å². The third kappa shape index (κ3) is 4.05. The average molecular weight is 459 g/mol. The number of alkyl halides is 3. The second-order valence-electron chi connectivity index (χ2n) is 7.72. The predicted octanol–water partition coefficient (Wildman–Crippen LogP) is 3.63. The molecule has 2 aliphatic rings. The van der Waals surface area contributed by atoms with Crippen LogP contribution in [0.1, 0.15) is 48.7 Å². The highest BCUT2D eigenvalue weighted by atomic mass is 35.5. The molecule has 1 aliphatic heterocycles. The molecule has 2 fully saturated rings. The molecule has 4 rings (SSSR count). The van der Waals surface area contributed by atoms with Crippen LogP contribution in [0.3, 0.4) is 0 Å². The fourth-order valence-corrected chi connectivity index (χ4v) is 4.55. The summed E-state index contributed by atoms with van der Waals surface area (Å²) in [5, 5.41) is -0.252. The number of ether oxygens (including phenoxy) is 1. The first-order chi connectivity index (χ1) is 14.7. The Kier molecular flexibility index (Phi) is 5.76. The molecule has 0 radical (unpaired) electrons. The lowest BCUT2D eigenvalue weighted by molar-refractivity contribution is -0.137. The number of amides is 2. The fraction of sp³-hybridized carbons (Fsp3) is 0.550. The molecule has 168 valence electrons. The van der Waals surface area contributed by atoms with Crippen LogP contribution in [0.2, 0.25) is 5.15 Å². The van der Waals surface area contributed by atoms with Crippen molar-refractivity contribution >= 4 is 29.1 Å². The van der Waals surface area contributed by atoms with Crippen molar-refractivity contribution in [3.05, 3.63) is 28.7 Å². The minimum atomic E-state index is -4.72. The third-order valence-corrected chi connectivity index (χ3v) is 6.13. The Morgan fingerprint density at radius 1 is 1.29 bits per heavy atom. The van der Waals surface area contributed by atoms with Crippen LogP contribution in [0.25, 0.3) is 5.65 Å². The number of rotatable bonds is 4. The van der Waals surface area contributed by atoms with Gasteiger partial charge in [0.05, 0.1) is 12.8 Å². The second-order valence-corrected chi connectivity index (χ2v) is 8.08. The molecule has 0 atom stereocenters. The number of carbonyl (C=O) groups excluding carboxylic acids is 2. The molecular formula is C20H22ClF3N4O3. The first-order valence-corrected chi connectivity index (χ1v) is 10.6. The van der Waals surface area contributed by atoms with Crippen LogP contribution in [0, 0.1) is 0 Å². The number of nitrogens with zero attached hydrogens (tertiary/aromatic N) is 4. The number of imidazole rings is 1. The van der Waals surface area contributed by atoms with Gasteiger partial charge in [-0.3, -0.25) is 14.0 Å². The summed E-state index contributed by atoms with van der Waals surface area (Å²) in [6.45, 7) is 2.33. The monoisotopic (exact) mass is 458 g/mol. The van der Waals surface area contributed by atoms with Gasteiger partial charge in [0.1, 0.15) is 23.0 Å². The molecule has 0 aromatic carbocycles. The molecule has 2 aromatic heterocycles. The zero-order valence-electron chi connectivity index (χ0n) is 16.9. The van der Waals surface area contributed by atoms with E-state index in [1.165, 1.54) is 11.1 Å². The van der Waals surface area contributed by atoms with E-state index in [2.05, 4.69) is 4.98 Å². The Morgan fingerprint density at radius 2 is 2.00 bits per heavy atom. The maximum absolute atomic E-state index is 13.6. The number of hydrogen-bond donors (Lipinski definition) is 0. The molecule has 0 unspecified atom stereocenters. The van der Waals surface area contributed by atoms with Gasteiger partial charge < -0.3 is 14.5 Å². The van der Waals surface area contributed by atoms with Gasteiger partial charge in [-0.25, -0.2) is 4.98 Å². The lowest BCUT2D eigenvalue weighted by Gasteiger charge is -2.37. The van der Waals surface area contributed by atoms with E-state index in [9.17, 15) is 22.8 Å². The van der Waals surface area contributed by atoms with Crippen LogP contribution in [0.4, 0.5) is 13.2 Å². The molecule has 31 heavy (non-hydrogen) atoms. The Balaban J connectivity index is 1.64. The molecule has 1 aliphatic carbocycles. The quantitative estimate of drug-likeness (QED) is 0.701. The van der Waals surface area contributed by atoms with Crippen LogP contribution in [-0.2, 0) is 11.0 Å². The van der Waals surface area contributed by atoms with Crippen LogP contribution >= 0.6 is 11.6 Å². The van der Waals surface area contributed by atoms with Gasteiger partial charge in [-0.05, 0) is 25.8 Å². The normalized spacial score (nSPS) is 18.3. The van der Waals surface area contributed by atoms with E-state index >= 15 is 0 Å². The van der Waals surface area contributed by atoms with E-state index in [4.69, 9.17) is 16.3 Å². The lowest BCUT2D eigenvalue weighted by Crippen LogP contribution is -2.55. The molecule has 1 saturated carbocycles. The SMILES string of the molecule is CCOc1cc(C(F)(F)F)c2nc(C(=O)N3CCN(C4CCCC4)C(=O)C3)c(Cl)n2c1. The van der Waals surface area contributed by atoms with E-state index in [0.717, 1.165) is 36.2 Å². The first kappa shape index (κ1) is 21.7. The van der Waals surface area contributed by atoms with E-state index in [0.29, 0.717) is 6.54 Å². The molecule has 0 bridgehead atoms. The van der Waals surface area contributed by atoms with Crippen LogP contribution in [0.5, 0.6) is 5.75 Å². The van der Waals surface area contributed by atoms with E-state index < -0.39 is 23.3 Å². The molecule has 7 nitrogen and oxygen atoms in total. The van der Waals surface area contributed by atoms with Crippen molar-refractivity contribution in [3.8, 4) is 5.75 Å². The predicted molar refractivity (Wildman–Crippen MR) is 106 cm³/mol. The summed E-state index contributed by atoms with van der Waals surface area (Å²) in [6.07, 6.45) is 0.634. The Bertz CT molecular complexity index is 1020. The number of carbonyl (C=O) groups is 2. The zero-order chi connectivity index (χ0) is 22.3. The first-order valence-electron chi connectivity index (χ1n) is 10.2. The highest BCUT2D eigenvalue weighted by Gasteiger charge is 2.38. The van der Waals surface area contributed by atoms with Crippen molar-refractivity contribution in [2.45, 2.75) is 44.8 Å². The Morgan fingerprint density at radius 3 is 2.61 bits per heavy atom. The number of piperazine rings is 1. The minimum Gasteiger partial charge on any atom is -0.492 e. The van der Waals surface area contributed by atoms with E-state index in [-0.39, 0.29) is 48.2 Å². The van der Waals surface area contributed by atoms with Crippen molar-refractivity contribution < 1.29 is 27.5 Å². The summed E-state index contributed by atoms with van der Waals surface area (Å²) < 4.78 is 47.0. The topological polar surface area (TPSA) is 67.2 Å². The van der Waals surface area contributed by atoms with Gasteiger partial charge in [0.15, 0.2) is 11.3 Å². The maximum Gasteiger partial charge on any atom is 0.420 e. The van der Waals surface area contributed by atoms with Crippen molar-refractivity contribution in [2.24, 2.45) is 0 Å². The zero-order valence-corrected chi connectivity index (χ0v) is 17.7. The number of aromatic nitrogens is 2. The van der Waals surface area contributed by atoms with Gasteiger partial charge in [0.25, 0.3) is 5.91 Å². The van der Waals surface area contributed by atoms with Crippen molar-refractivity contribution in [3.63, 3.8) is 0 Å². The second kappa shape index (κ2) is 8.22. The van der Waals surface area contributed by atoms with Gasteiger partial charge in [0.2, 0.25) is 5.91 Å². The van der Waals surface area contributed by atoms with Crippen LogP contribution in [-0.4, -0.2) is 63.3 Å². The van der Waals surface area contributed by atoms with Crippen molar-refractivity contribution in [2.75, 3.05) is 26.2 Å². The summed E-state index contributed by atoms with van der Waals surface area (Å²) >= 11 is 6.27. The Hall–Kier alpha value is -2.49. The number of fused-ring (bicyclic) bond motifs is 1. The molecule has 0 spiro atoms. The summed E-state index contributed by atoms with van der Waals surface area (Å²) in [5.41, 5.74) is -1.86. The summed E-state index contributed by atoms with van der Waals surface area (Å²) in [5.74, 6) is -0.874. The van der Waals surface area contributed by atoms with Crippen LogP contribution in [0.15, 0.2) is 12.3 Å². The molecule has 2 aromatic rings. The number of hydrogen-bond acceptors (Lipinski definition) is 4. The van der Waals surface area contributed by atoms with Crippen LogP contribution < -0.4 is 4.74 Å². The molecular weight excluding hydrogens is 437 g/mol. The Labute approximate surface area is 181 Å². The standard InChI is InChI=1S/C20H22ClF3N4O3/c1-2-31-13-9-14(20(22,23)24)18-25-16(17(21)28(18)10-13)19(30)26-7-8-27(15(29)11-26)12-5-3-4-6-12/h9-10,12H,2-8,11H2,1H3. The van der Waals surface area contributed by atoms with Gasteiger partial charge in [-0.15, -0.1) is 0 Å². The summed E-state index contributed by atoms with van der Waals surface area (Å²) in [7, 11) is 0. The molecule has 11 heteroatoms.